The number of fused-ring (bicyclic) bond motifs is 1. The first-order valence-electron chi connectivity index (χ1n) is 9.12. The van der Waals surface area contributed by atoms with Crippen molar-refractivity contribution in [2.75, 3.05) is 13.7 Å². The molecule has 1 atom stereocenters. The molecule has 27 heavy (non-hydrogen) atoms. The summed E-state index contributed by atoms with van der Waals surface area (Å²) in [4.78, 5) is 13.2. The SMILES string of the molecule is COc1ccc(-c2c(C)oc3c(CC4CCCO4)c(O)ccc3c2=O)cc1. The van der Waals surface area contributed by atoms with Crippen LogP contribution in [0.1, 0.15) is 24.2 Å². The van der Waals surface area contributed by atoms with Crippen molar-refractivity contribution in [3.8, 4) is 22.6 Å². The number of benzene rings is 2. The van der Waals surface area contributed by atoms with Crippen molar-refractivity contribution >= 4 is 11.0 Å². The molecule has 0 spiro atoms. The minimum Gasteiger partial charge on any atom is -0.508 e. The van der Waals surface area contributed by atoms with Gasteiger partial charge in [0.1, 0.15) is 22.8 Å². The van der Waals surface area contributed by atoms with Crippen molar-refractivity contribution in [3.63, 3.8) is 0 Å². The molecule has 140 valence electrons. The third kappa shape index (κ3) is 3.19. The molecular formula is C22H22O5. The average molecular weight is 366 g/mol. The van der Waals surface area contributed by atoms with Gasteiger partial charge in [-0.25, -0.2) is 0 Å². The quantitative estimate of drug-likeness (QED) is 0.749. The number of phenolic OH excluding ortho intramolecular Hbond substituents is 1. The highest BCUT2D eigenvalue weighted by molar-refractivity contribution is 5.86. The number of ether oxygens (including phenoxy) is 2. The van der Waals surface area contributed by atoms with Gasteiger partial charge in [-0.15, -0.1) is 0 Å². The van der Waals surface area contributed by atoms with Gasteiger partial charge in [-0.1, -0.05) is 12.1 Å². The Labute approximate surface area is 157 Å². The monoisotopic (exact) mass is 366 g/mol. The van der Waals surface area contributed by atoms with Crippen LogP contribution in [0, 0.1) is 6.92 Å². The van der Waals surface area contributed by atoms with Gasteiger partial charge >= 0.3 is 0 Å². The topological polar surface area (TPSA) is 68.9 Å². The highest BCUT2D eigenvalue weighted by Gasteiger charge is 2.22. The summed E-state index contributed by atoms with van der Waals surface area (Å²) >= 11 is 0. The van der Waals surface area contributed by atoms with E-state index in [4.69, 9.17) is 13.9 Å². The second-order valence-corrected chi connectivity index (χ2v) is 6.87. The van der Waals surface area contributed by atoms with Gasteiger partial charge in [-0.2, -0.15) is 0 Å². The van der Waals surface area contributed by atoms with Crippen LogP contribution in [0.3, 0.4) is 0 Å². The number of phenols is 1. The molecule has 1 unspecified atom stereocenters. The summed E-state index contributed by atoms with van der Waals surface area (Å²) < 4.78 is 16.9. The summed E-state index contributed by atoms with van der Waals surface area (Å²) in [5, 5.41) is 10.8. The Morgan fingerprint density at radius 3 is 2.63 bits per heavy atom. The molecule has 0 saturated carbocycles. The first-order valence-corrected chi connectivity index (χ1v) is 9.12. The van der Waals surface area contributed by atoms with E-state index in [2.05, 4.69) is 0 Å². The van der Waals surface area contributed by atoms with Crippen LogP contribution in [0.4, 0.5) is 0 Å². The molecule has 3 aromatic rings. The van der Waals surface area contributed by atoms with E-state index < -0.39 is 0 Å². The molecule has 0 aliphatic carbocycles. The Hall–Kier alpha value is -2.79. The molecule has 1 N–H and O–H groups in total. The van der Waals surface area contributed by atoms with Crippen LogP contribution in [0.5, 0.6) is 11.5 Å². The summed E-state index contributed by atoms with van der Waals surface area (Å²) in [7, 11) is 1.60. The molecule has 1 aromatic heterocycles. The molecule has 1 saturated heterocycles. The Balaban J connectivity index is 1.86. The number of rotatable bonds is 4. The van der Waals surface area contributed by atoms with E-state index in [0.717, 1.165) is 30.8 Å². The van der Waals surface area contributed by atoms with Gasteiger partial charge in [-0.05, 0) is 49.6 Å². The van der Waals surface area contributed by atoms with Crippen LogP contribution in [-0.2, 0) is 11.2 Å². The van der Waals surface area contributed by atoms with Crippen molar-refractivity contribution in [1.82, 2.24) is 0 Å². The second-order valence-electron chi connectivity index (χ2n) is 6.87. The van der Waals surface area contributed by atoms with Gasteiger partial charge in [0, 0.05) is 18.6 Å². The van der Waals surface area contributed by atoms with Crippen molar-refractivity contribution in [2.24, 2.45) is 0 Å². The first-order chi connectivity index (χ1) is 13.1. The first kappa shape index (κ1) is 17.6. The standard InChI is InChI=1S/C22H22O5/c1-13-20(14-5-7-15(25-2)8-6-14)21(24)17-9-10-19(23)18(22(17)27-13)12-16-4-3-11-26-16/h5-10,16,23H,3-4,11-12H2,1-2H3. The minimum absolute atomic E-state index is 0.0494. The largest absolute Gasteiger partial charge is 0.508 e. The number of aromatic hydroxyl groups is 1. The Bertz CT molecular complexity index is 1030. The van der Waals surface area contributed by atoms with E-state index >= 15 is 0 Å². The van der Waals surface area contributed by atoms with Crippen LogP contribution in [0.15, 0.2) is 45.6 Å². The van der Waals surface area contributed by atoms with Gasteiger partial charge in [0.2, 0.25) is 5.43 Å². The molecule has 4 rings (SSSR count). The fourth-order valence-corrected chi connectivity index (χ4v) is 3.73. The zero-order valence-electron chi connectivity index (χ0n) is 15.5. The van der Waals surface area contributed by atoms with Crippen molar-refractivity contribution < 1.29 is 19.0 Å². The maximum absolute atomic E-state index is 13.2. The minimum atomic E-state index is -0.104. The lowest BCUT2D eigenvalue weighted by molar-refractivity contribution is 0.111. The number of aryl methyl sites for hydroxylation is 1. The summed E-state index contributed by atoms with van der Waals surface area (Å²) in [5.74, 6) is 1.39. The number of methoxy groups -OCH3 is 1. The lowest BCUT2D eigenvalue weighted by Crippen LogP contribution is -2.12. The van der Waals surface area contributed by atoms with E-state index in [1.165, 1.54) is 0 Å². The van der Waals surface area contributed by atoms with Gasteiger partial charge in [-0.3, -0.25) is 4.79 Å². The summed E-state index contributed by atoms with van der Waals surface area (Å²) in [6.45, 7) is 2.51. The van der Waals surface area contributed by atoms with E-state index in [0.29, 0.717) is 34.3 Å². The number of hydrogen-bond donors (Lipinski definition) is 1. The summed E-state index contributed by atoms with van der Waals surface area (Å²) in [6.07, 6.45) is 2.55. The third-order valence-electron chi connectivity index (χ3n) is 5.15. The van der Waals surface area contributed by atoms with E-state index in [-0.39, 0.29) is 17.3 Å². The predicted molar refractivity (Wildman–Crippen MR) is 104 cm³/mol. The molecule has 1 aliphatic heterocycles. The highest BCUT2D eigenvalue weighted by Crippen LogP contribution is 2.33. The highest BCUT2D eigenvalue weighted by atomic mass is 16.5. The summed E-state index contributed by atoms with van der Waals surface area (Å²) in [6, 6.07) is 10.5. The predicted octanol–water partition coefficient (Wildman–Crippen LogP) is 4.20. The van der Waals surface area contributed by atoms with Crippen molar-refractivity contribution in [2.45, 2.75) is 32.3 Å². The molecule has 0 radical (unpaired) electrons. The summed E-state index contributed by atoms with van der Waals surface area (Å²) in [5.41, 5.74) is 2.29. The normalized spacial score (nSPS) is 16.7. The van der Waals surface area contributed by atoms with Gasteiger partial charge in [0.25, 0.3) is 0 Å². The molecule has 5 nitrogen and oxygen atoms in total. The van der Waals surface area contributed by atoms with Crippen LogP contribution < -0.4 is 10.2 Å². The third-order valence-corrected chi connectivity index (χ3v) is 5.15. The Morgan fingerprint density at radius 1 is 1.19 bits per heavy atom. The van der Waals surface area contributed by atoms with Crippen LogP contribution >= 0.6 is 0 Å². The van der Waals surface area contributed by atoms with Crippen molar-refractivity contribution in [3.05, 3.63) is 57.9 Å². The van der Waals surface area contributed by atoms with E-state index in [9.17, 15) is 9.90 Å². The molecule has 1 aliphatic rings. The van der Waals surface area contributed by atoms with Crippen LogP contribution in [0.2, 0.25) is 0 Å². The fraction of sp³-hybridized carbons (Fsp3) is 0.318. The molecular weight excluding hydrogens is 344 g/mol. The van der Waals surface area contributed by atoms with Gasteiger partial charge < -0.3 is 19.0 Å². The second kappa shape index (κ2) is 7.08. The maximum Gasteiger partial charge on any atom is 0.200 e. The maximum atomic E-state index is 13.2. The lowest BCUT2D eigenvalue weighted by Gasteiger charge is -2.14. The smallest absolute Gasteiger partial charge is 0.200 e. The van der Waals surface area contributed by atoms with Crippen LogP contribution in [0.25, 0.3) is 22.1 Å². The molecule has 2 heterocycles. The van der Waals surface area contributed by atoms with Gasteiger partial charge in [0.05, 0.1) is 24.2 Å². The Morgan fingerprint density at radius 2 is 1.96 bits per heavy atom. The zero-order chi connectivity index (χ0) is 19.0. The van der Waals surface area contributed by atoms with E-state index in [1.54, 1.807) is 26.2 Å². The molecule has 2 aromatic carbocycles. The average Bonchev–Trinajstić information content (AvgIpc) is 3.18. The lowest BCUT2D eigenvalue weighted by atomic mass is 9.98. The van der Waals surface area contributed by atoms with Gasteiger partial charge in [0.15, 0.2) is 0 Å². The molecule has 5 heteroatoms. The fourth-order valence-electron chi connectivity index (χ4n) is 3.73. The Kier molecular flexibility index (Phi) is 4.62. The van der Waals surface area contributed by atoms with Crippen LogP contribution in [-0.4, -0.2) is 24.9 Å². The number of hydrogen-bond acceptors (Lipinski definition) is 5. The van der Waals surface area contributed by atoms with E-state index in [1.807, 2.05) is 24.3 Å². The van der Waals surface area contributed by atoms with Crippen molar-refractivity contribution in [1.29, 1.82) is 0 Å². The molecule has 1 fully saturated rings. The molecule has 0 bridgehead atoms. The molecule has 0 amide bonds. The zero-order valence-corrected chi connectivity index (χ0v) is 15.5.